The number of nitrogens with zero attached hydrogens (tertiary/aromatic N) is 1. The molecule has 1 heterocycles. The highest BCUT2D eigenvalue weighted by Crippen LogP contribution is 2.59. The third-order valence-corrected chi connectivity index (χ3v) is 6.96. The van der Waals surface area contributed by atoms with Crippen LogP contribution in [0.25, 0.3) is 0 Å². The number of rotatable bonds is 7. The molecule has 2 aromatic carbocycles. The van der Waals surface area contributed by atoms with Crippen LogP contribution in [-0.2, 0) is 9.59 Å². The van der Waals surface area contributed by atoms with E-state index >= 15 is 0 Å². The van der Waals surface area contributed by atoms with Crippen molar-refractivity contribution in [3.63, 3.8) is 0 Å². The molecule has 174 valence electrons. The summed E-state index contributed by atoms with van der Waals surface area (Å²) in [5.41, 5.74) is 1.22. The fourth-order valence-electron chi connectivity index (χ4n) is 4.47. The summed E-state index contributed by atoms with van der Waals surface area (Å²) in [6, 6.07) is 11.9. The van der Waals surface area contributed by atoms with Crippen molar-refractivity contribution in [2.75, 3.05) is 32.1 Å². The van der Waals surface area contributed by atoms with Crippen LogP contribution in [0.3, 0.4) is 0 Å². The number of benzene rings is 2. The molecule has 1 spiro atoms. The number of amides is 2. The molecule has 2 amide bonds. The van der Waals surface area contributed by atoms with Crippen molar-refractivity contribution in [3.8, 4) is 11.5 Å². The van der Waals surface area contributed by atoms with Gasteiger partial charge in [-0.1, -0.05) is 11.6 Å². The second-order valence-electron chi connectivity index (χ2n) is 8.71. The second-order valence-corrected chi connectivity index (χ2v) is 9.11. The van der Waals surface area contributed by atoms with Crippen molar-refractivity contribution in [2.45, 2.75) is 26.2 Å². The van der Waals surface area contributed by atoms with Gasteiger partial charge < -0.3 is 19.7 Å². The number of ketones is 1. The van der Waals surface area contributed by atoms with Crippen LogP contribution >= 0.6 is 11.6 Å². The van der Waals surface area contributed by atoms with Crippen LogP contribution in [0.2, 0.25) is 5.02 Å². The minimum Gasteiger partial charge on any atom is -0.495 e. The SMILES string of the molecule is COc1ccc(NC(=O)C2CC23CCN(C(=O)COc2ccc(C(C)=O)cc2)CC3)cc1Cl. The van der Waals surface area contributed by atoms with Gasteiger partial charge in [0.2, 0.25) is 5.91 Å². The summed E-state index contributed by atoms with van der Waals surface area (Å²) < 4.78 is 10.7. The normalized spacial score (nSPS) is 18.5. The van der Waals surface area contributed by atoms with E-state index < -0.39 is 0 Å². The molecular formula is C25H27ClN2O5. The van der Waals surface area contributed by atoms with Crippen LogP contribution in [0.5, 0.6) is 11.5 Å². The van der Waals surface area contributed by atoms with Gasteiger partial charge in [-0.15, -0.1) is 0 Å². The van der Waals surface area contributed by atoms with E-state index in [1.165, 1.54) is 6.92 Å². The predicted molar refractivity (Wildman–Crippen MR) is 125 cm³/mol. The highest BCUT2D eigenvalue weighted by atomic mass is 35.5. The Labute approximate surface area is 198 Å². The number of methoxy groups -OCH3 is 1. The Morgan fingerprint density at radius 3 is 2.42 bits per heavy atom. The van der Waals surface area contributed by atoms with Crippen molar-refractivity contribution in [1.29, 1.82) is 0 Å². The maximum atomic E-state index is 12.7. The van der Waals surface area contributed by atoms with Gasteiger partial charge in [-0.05, 0) is 74.1 Å². The Kier molecular flexibility index (Phi) is 6.61. The molecule has 2 aliphatic rings. The van der Waals surface area contributed by atoms with Gasteiger partial charge in [-0.3, -0.25) is 14.4 Å². The number of carbonyl (C=O) groups is 3. The molecule has 1 aliphatic carbocycles. The van der Waals surface area contributed by atoms with Crippen LogP contribution in [0.15, 0.2) is 42.5 Å². The lowest BCUT2D eigenvalue weighted by Gasteiger charge is -2.32. The first-order chi connectivity index (χ1) is 15.8. The summed E-state index contributed by atoms with van der Waals surface area (Å²) in [6.07, 6.45) is 2.44. The molecule has 1 aliphatic heterocycles. The Morgan fingerprint density at radius 1 is 1.12 bits per heavy atom. The smallest absolute Gasteiger partial charge is 0.260 e. The van der Waals surface area contributed by atoms with E-state index in [-0.39, 0.29) is 35.5 Å². The summed E-state index contributed by atoms with van der Waals surface area (Å²) >= 11 is 6.14. The van der Waals surface area contributed by atoms with Gasteiger partial charge in [0.25, 0.3) is 5.91 Å². The maximum absolute atomic E-state index is 12.7. The Hall–Kier alpha value is -3.06. The molecule has 0 bridgehead atoms. The lowest BCUT2D eigenvalue weighted by molar-refractivity contribution is -0.135. The van der Waals surface area contributed by atoms with Gasteiger partial charge in [0.1, 0.15) is 11.5 Å². The average molecular weight is 471 g/mol. The first kappa shape index (κ1) is 23.1. The van der Waals surface area contributed by atoms with Gasteiger partial charge in [0.05, 0.1) is 12.1 Å². The van der Waals surface area contributed by atoms with E-state index in [1.54, 1.807) is 54.5 Å². The summed E-state index contributed by atoms with van der Waals surface area (Å²) in [5, 5.41) is 3.40. The number of hydrogen-bond acceptors (Lipinski definition) is 5. The minimum absolute atomic E-state index is 0.00616. The molecule has 7 nitrogen and oxygen atoms in total. The van der Waals surface area contributed by atoms with E-state index in [4.69, 9.17) is 21.1 Å². The van der Waals surface area contributed by atoms with Crippen molar-refractivity contribution >= 4 is 34.9 Å². The molecule has 33 heavy (non-hydrogen) atoms. The molecule has 1 atom stereocenters. The fraction of sp³-hybridized carbons (Fsp3) is 0.400. The lowest BCUT2D eigenvalue weighted by Crippen LogP contribution is -2.42. The molecule has 1 N–H and O–H groups in total. The number of halogens is 1. The van der Waals surface area contributed by atoms with E-state index in [9.17, 15) is 14.4 Å². The molecule has 0 radical (unpaired) electrons. The third kappa shape index (κ3) is 5.14. The summed E-state index contributed by atoms with van der Waals surface area (Å²) in [5.74, 6) is 0.973. The number of ether oxygens (including phenoxy) is 2. The number of Topliss-reactive ketones (excluding diaryl/α,β-unsaturated/α-hetero) is 1. The molecule has 1 unspecified atom stereocenters. The third-order valence-electron chi connectivity index (χ3n) is 6.66. The zero-order valence-electron chi connectivity index (χ0n) is 18.7. The van der Waals surface area contributed by atoms with E-state index in [1.807, 2.05) is 0 Å². The monoisotopic (exact) mass is 470 g/mol. The highest BCUT2D eigenvalue weighted by molar-refractivity contribution is 6.32. The van der Waals surface area contributed by atoms with Gasteiger partial charge in [-0.2, -0.15) is 0 Å². The zero-order chi connectivity index (χ0) is 23.6. The highest BCUT2D eigenvalue weighted by Gasteiger charge is 2.58. The molecule has 0 aromatic heterocycles. The summed E-state index contributed by atoms with van der Waals surface area (Å²) in [4.78, 5) is 38.5. The molecular weight excluding hydrogens is 444 g/mol. The predicted octanol–water partition coefficient (Wildman–Crippen LogP) is 4.20. The maximum Gasteiger partial charge on any atom is 0.260 e. The number of likely N-dealkylation sites (tertiary alicyclic amines) is 1. The number of hydrogen-bond donors (Lipinski definition) is 1. The van der Waals surface area contributed by atoms with E-state index in [2.05, 4.69) is 5.32 Å². The molecule has 8 heteroatoms. The Balaban J connectivity index is 1.24. The van der Waals surface area contributed by atoms with E-state index in [0.29, 0.717) is 40.9 Å². The first-order valence-corrected chi connectivity index (χ1v) is 11.3. The lowest BCUT2D eigenvalue weighted by atomic mass is 9.90. The largest absolute Gasteiger partial charge is 0.495 e. The molecule has 4 rings (SSSR count). The molecule has 1 saturated heterocycles. The standard InChI is InChI=1S/C25H27ClN2O5/c1-16(29)17-3-6-19(7-4-17)33-15-23(30)28-11-9-25(10-12-28)14-20(25)24(31)27-18-5-8-22(32-2)21(26)13-18/h3-8,13,20H,9-12,14-15H2,1-2H3,(H,27,31). The van der Waals surface area contributed by atoms with Crippen LogP contribution in [-0.4, -0.2) is 49.3 Å². The topological polar surface area (TPSA) is 84.9 Å². The quantitative estimate of drug-likeness (QED) is 0.613. The fourth-order valence-corrected chi connectivity index (χ4v) is 4.73. The Bertz CT molecular complexity index is 1060. The van der Waals surface area contributed by atoms with Crippen molar-refractivity contribution in [2.24, 2.45) is 11.3 Å². The van der Waals surface area contributed by atoms with Crippen LogP contribution < -0.4 is 14.8 Å². The average Bonchev–Trinajstić information content (AvgIpc) is 3.51. The van der Waals surface area contributed by atoms with Gasteiger partial charge in [0.15, 0.2) is 12.4 Å². The number of nitrogens with one attached hydrogen (secondary N) is 1. The van der Waals surface area contributed by atoms with Crippen LogP contribution in [0, 0.1) is 11.3 Å². The van der Waals surface area contributed by atoms with E-state index in [0.717, 1.165) is 19.3 Å². The number of piperidine rings is 1. The summed E-state index contributed by atoms with van der Waals surface area (Å²) in [7, 11) is 1.55. The molecule has 1 saturated carbocycles. The van der Waals surface area contributed by atoms with Gasteiger partial charge >= 0.3 is 0 Å². The minimum atomic E-state index is -0.0741. The van der Waals surface area contributed by atoms with Crippen LogP contribution in [0.4, 0.5) is 5.69 Å². The Morgan fingerprint density at radius 2 is 1.82 bits per heavy atom. The number of carbonyl (C=O) groups excluding carboxylic acids is 3. The first-order valence-electron chi connectivity index (χ1n) is 11.0. The van der Waals surface area contributed by atoms with Gasteiger partial charge in [-0.25, -0.2) is 0 Å². The van der Waals surface area contributed by atoms with Crippen molar-refractivity contribution in [1.82, 2.24) is 4.90 Å². The molecule has 2 fully saturated rings. The van der Waals surface area contributed by atoms with Crippen molar-refractivity contribution in [3.05, 3.63) is 53.1 Å². The summed E-state index contributed by atoms with van der Waals surface area (Å²) in [6.45, 7) is 2.69. The second kappa shape index (κ2) is 9.43. The van der Waals surface area contributed by atoms with Gasteiger partial charge in [0, 0.05) is 30.3 Å². The zero-order valence-corrected chi connectivity index (χ0v) is 19.5. The number of anilines is 1. The van der Waals surface area contributed by atoms with Crippen LogP contribution in [0.1, 0.15) is 36.5 Å². The molecule has 2 aromatic rings. The van der Waals surface area contributed by atoms with Crippen molar-refractivity contribution < 1.29 is 23.9 Å².